The molecular formula is C14H11Cl3N4O. The topological polar surface area (TPSA) is 66.4 Å². The summed E-state index contributed by atoms with van der Waals surface area (Å²) < 4.78 is 0. The molecule has 8 heteroatoms. The molecule has 2 rings (SSSR count). The minimum Gasteiger partial charge on any atom is -0.326 e. The van der Waals surface area contributed by atoms with Gasteiger partial charge in [0.15, 0.2) is 5.82 Å². The van der Waals surface area contributed by atoms with E-state index in [4.69, 9.17) is 34.8 Å². The van der Waals surface area contributed by atoms with Crippen molar-refractivity contribution in [1.29, 1.82) is 0 Å². The SMILES string of the molecule is CC(=O)Nc1ccc(C=NNc2nc(Cl)c(Cl)cc2Cl)cc1. The molecule has 0 aliphatic carbocycles. The van der Waals surface area contributed by atoms with Crippen molar-refractivity contribution in [3.63, 3.8) is 0 Å². The second-order valence-corrected chi connectivity index (χ2v) is 5.44. The van der Waals surface area contributed by atoms with Crippen LogP contribution < -0.4 is 10.7 Å². The number of nitrogens with one attached hydrogen (secondary N) is 2. The first-order valence-corrected chi connectivity index (χ1v) is 7.27. The van der Waals surface area contributed by atoms with Crippen LogP contribution in [0.1, 0.15) is 12.5 Å². The van der Waals surface area contributed by atoms with E-state index < -0.39 is 0 Å². The summed E-state index contributed by atoms with van der Waals surface area (Å²) in [5, 5.41) is 7.43. The maximum absolute atomic E-state index is 10.9. The third kappa shape index (κ3) is 4.59. The van der Waals surface area contributed by atoms with E-state index in [0.717, 1.165) is 5.56 Å². The van der Waals surface area contributed by atoms with Crippen molar-refractivity contribution in [3.8, 4) is 0 Å². The molecule has 0 saturated heterocycles. The summed E-state index contributed by atoms with van der Waals surface area (Å²) in [4.78, 5) is 14.9. The molecular weight excluding hydrogens is 347 g/mol. The first-order chi connectivity index (χ1) is 10.5. The highest BCUT2D eigenvalue weighted by Crippen LogP contribution is 2.28. The molecule has 1 heterocycles. The molecule has 2 aromatic rings. The van der Waals surface area contributed by atoms with E-state index in [9.17, 15) is 4.79 Å². The van der Waals surface area contributed by atoms with Gasteiger partial charge in [-0.1, -0.05) is 46.9 Å². The molecule has 0 spiro atoms. The third-order valence-electron chi connectivity index (χ3n) is 2.50. The lowest BCUT2D eigenvalue weighted by Crippen LogP contribution is -2.05. The van der Waals surface area contributed by atoms with Gasteiger partial charge in [-0.25, -0.2) is 4.98 Å². The van der Waals surface area contributed by atoms with Gasteiger partial charge in [-0.15, -0.1) is 0 Å². The lowest BCUT2D eigenvalue weighted by molar-refractivity contribution is -0.114. The molecule has 2 N–H and O–H groups in total. The van der Waals surface area contributed by atoms with Crippen LogP contribution in [-0.4, -0.2) is 17.1 Å². The summed E-state index contributed by atoms with van der Waals surface area (Å²) >= 11 is 17.6. The Morgan fingerprint density at radius 3 is 2.50 bits per heavy atom. The van der Waals surface area contributed by atoms with E-state index in [1.807, 2.05) is 0 Å². The van der Waals surface area contributed by atoms with Gasteiger partial charge in [0.25, 0.3) is 0 Å². The molecule has 0 fully saturated rings. The van der Waals surface area contributed by atoms with Gasteiger partial charge < -0.3 is 5.32 Å². The Balaban J connectivity index is 2.03. The second-order valence-electron chi connectivity index (χ2n) is 4.26. The van der Waals surface area contributed by atoms with Crippen LogP contribution in [-0.2, 0) is 4.79 Å². The Morgan fingerprint density at radius 2 is 1.86 bits per heavy atom. The van der Waals surface area contributed by atoms with Crippen LogP contribution in [0.15, 0.2) is 35.4 Å². The maximum Gasteiger partial charge on any atom is 0.221 e. The number of pyridine rings is 1. The molecule has 0 aliphatic rings. The van der Waals surface area contributed by atoms with E-state index in [-0.39, 0.29) is 16.1 Å². The average Bonchev–Trinajstić information content (AvgIpc) is 2.45. The fourth-order valence-electron chi connectivity index (χ4n) is 1.55. The molecule has 0 radical (unpaired) electrons. The van der Waals surface area contributed by atoms with Crippen LogP contribution in [0.3, 0.4) is 0 Å². The predicted octanol–water partition coefficient (Wildman–Crippen LogP) is 4.45. The van der Waals surface area contributed by atoms with Gasteiger partial charge in [0.1, 0.15) is 5.15 Å². The number of hydrogen-bond donors (Lipinski definition) is 2. The van der Waals surface area contributed by atoms with Gasteiger partial charge in [0.2, 0.25) is 5.91 Å². The highest BCUT2D eigenvalue weighted by Gasteiger charge is 2.06. The molecule has 0 aliphatic heterocycles. The standard InChI is InChI=1S/C14H11Cl3N4O/c1-8(22)19-10-4-2-9(3-5-10)7-18-21-14-12(16)6-11(15)13(17)20-14/h2-7H,1H3,(H,19,22)(H,20,21). The number of rotatable bonds is 4. The molecule has 0 unspecified atom stereocenters. The zero-order valence-electron chi connectivity index (χ0n) is 11.4. The van der Waals surface area contributed by atoms with Crippen molar-refractivity contribution in [2.24, 2.45) is 5.10 Å². The predicted molar refractivity (Wildman–Crippen MR) is 91.2 cm³/mol. The van der Waals surface area contributed by atoms with Crippen LogP contribution in [0.25, 0.3) is 0 Å². The summed E-state index contributed by atoms with van der Waals surface area (Å²) in [5.41, 5.74) is 4.24. The Labute approximate surface area is 142 Å². The fraction of sp³-hybridized carbons (Fsp3) is 0.0714. The highest BCUT2D eigenvalue weighted by atomic mass is 35.5. The highest BCUT2D eigenvalue weighted by molar-refractivity contribution is 6.42. The minimum atomic E-state index is -0.122. The number of carbonyl (C=O) groups excluding carboxylic acids is 1. The number of benzene rings is 1. The molecule has 0 bridgehead atoms. The molecule has 22 heavy (non-hydrogen) atoms. The number of hydrogen-bond acceptors (Lipinski definition) is 4. The number of hydrazone groups is 1. The average molecular weight is 358 g/mol. The summed E-state index contributed by atoms with van der Waals surface area (Å²) in [7, 11) is 0. The number of halogens is 3. The maximum atomic E-state index is 10.9. The zero-order chi connectivity index (χ0) is 16.1. The second kappa shape index (κ2) is 7.45. The van der Waals surface area contributed by atoms with Gasteiger partial charge in [-0.05, 0) is 23.8 Å². The Bertz CT molecular complexity index is 717. The Morgan fingerprint density at radius 1 is 1.18 bits per heavy atom. The molecule has 114 valence electrons. The number of anilines is 2. The lowest BCUT2D eigenvalue weighted by Gasteiger charge is -2.04. The van der Waals surface area contributed by atoms with E-state index >= 15 is 0 Å². The van der Waals surface area contributed by atoms with Crippen LogP contribution in [0.5, 0.6) is 0 Å². The first-order valence-electron chi connectivity index (χ1n) is 6.14. The zero-order valence-corrected chi connectivity index (χ0v) is 13.7. The van der Waals surface area contributed by atoms with Crippen LogP contribution in [0.2, 0.25) is 15.2 Å². The van der Waals surface area contributed by atoms with Crippen molar-refractivity contribution < 1.29 is 4.79 Å². The summed E-state index contributed by atoms with van der Waals surface area (Å²) in [6, 6.07) is 8.64. The lowest BCUT2D eigenvalue weighted by atomic mass is 10.2. The van der Waals surface area contributed by atoms with Crippen molar-refractivity contribution in [1.82, 2.24) is 4.98 Å². The van der Waals surface area contributed by atoms with Crippen molar-refractivity contribution >= 4 is 58.4 Å². The number of amides is 1. The van der Waals surface area contributed by atoms with Crippen molar-refractivity contribution in [3.05, 3.63) is 51.1 Å². The van der Waals surface area contributed by atoms with Gasteiger partial charge in [0, 0.05) is 12.6 Å². The van der Waals surface area contributed by atoms with Gasteiger partial charge in [0.05, 0.1) is 16.3 Å². The molecule has 0 saturated carbocycles. The third-order valence-corrected chi connectivity index (χ3v) is 3.46. The van der Waals surface area contributed by atoms with E-state index in [1.54, 1.807) is 30.5 Å². The number of nitrogens with zero attached hydrogens (tertiary/aromatic N) is 2. The summed E-state index contributed by atoms with van der Waals surface area (Å²) in [5.74, 6) is 0.186. The van der Waals surface area contributed by atoms with Crippen LogP contribution in [0, 0.1) is 0 Å². The number of aromatic nitrogens is 1. The van der Waals surface area contributed by atoms with E-state index in [1.165, 1.54) is 13.0 Å². The largest absolute Gasteiger partial charge is 0.326 e. The van der Waals surface area contributed by atoms with E-state index in [2.05, 4.69) is 20.8 Å². The fourth-order valence-corrected chi connectivity index (χ4v) is 2.09. The van der Waals surface area contributed by atoms with Crippen LogP contribution >= 0.6 is 34.8 Å². The Hall–Kier alpha value is -1.82. The van der Waals surface area contributed by atoms with Crippen molar-refractivity contribution in [2.45, 2.75) is 6.92 Å². The van der Waals surface area contributed by atoms with Gasteiger partial charge in [-0.3, -0.25) is 10.2 Å². The minimum absolute atomic E-state index is 0.122. The van der Waals surface area contributed by atoms with Crippen LogP contribution in [0.4, 0.5) is 11.5 Å². The smallest absolute Gasteiger partial charge is 0.221 e. The monoisotopic (exact) mass is 356 g/mol. The normalized spacial score (nSPS) is 10.7. The molecule has 1 aromatic heterocycles. The summed E-state index contributed by atoms with van der Waals surface area (Å²) in [6.07, 6.45) is 1.58. The Kier molecular flexibility index (Phi) is 5.60. The molecule has 1 aromatic carbocycles. The van der Waals surface area contributed by atoms with E-state index in [0.29, 0.717) is 16.5 Å². The molecule has 5 nitrogen and oxygen atoms in total. The van der Waals surface area contributed by atoms with Gasteiger partial charge in [-0.2, -0.15) is 5.10 Å². The number of carbonyl (C=O) groups is 1. The quantitative estimate of drug-likeness (QED) is 0.483. The molecule has 0 atom stereocenters. The van der Waals surface area contributed by atoms with Gasteiger partial charge >= 0.3 is 0 Å². The van der Waals surface area contributed by atoms with Crippen molar-refractivity contribution in [2.75, 3.05) is 10.7 Å². The summed E-state index contributed by atoms with van der Waals surface area (Å²) in [6.45, 7) is 1.45. The molecule has 1 amide bonds. The first kappa shape index (κ1) is 16.5.